The highest BCUT2D eigenvalue weighted by atomic mass is 16.1. The molecule has 0 aliphatic carbocycles. The molecule has 0 spiro atoms. The largest absolute Gasteiger partial charge is 0.382 e. The zero-order valence-electron chi connectivity index (χ0n) is 12.7. The van der Waals surface area contributed by atoms with Crippen LogP contribution in [0.5, 0.6) is 0 Å². The predicted octanol–water partition coefficient (Wildman–Crippen LogP) is 4.13. The summed E-state index contributed by atoms with van der Waals surface area (Å²) in [6.07, 6.45) is 1.08. The van der Waals surface area contributed by atoms with Crippen molar-refractivity contribution in [1.82, 2.24) is 0 Å². The fraction of sp³-hybridized carbons (Fsp3) is 0.562. The van der Waals surface area contributed by atoms with Gasteiger partial charge < -0.3 is 10.6 Å². The molecule has 1 rings (SSSR count). The third kappa shape index (κ3) is 4.93. The molecule has 0 bridgehead atoms. The van der Waals surface area contributed by atoms with Crippen molar-refractivity contribution in [2.75, 3.05) is 10.6 Å². The second-order valence-electron chi connectivity index (χ2n) is 5.63. The zero-order chi connectivity index (χ0) is 14.4. The molecule has 1 amide bonds. The molecule has 1 atom stereocenters. The van der Waals surface area contributed by atoms with Crippen LogP contribution in [0.2, 0.25) is 0 Å². The Hall–Kier alpha value is -1.51. The molecule has 1 aromatic rings. The van der Waals surface area contributed by atoms with Gasteiger partial charge in [-0.15, -0.1) is 0 Å². The minimum Gasteiger partial charge on any atom is -0.382 e. The first-order chi connectivity index (χ1) is 8.93. The van der Waals surface area contributed by atoms with E-state index in [-0.39, 0.29) is 11.8 Å². The maximum atomic E-state index is 11.7. The van der Waals surface area contributed by atoms with Gasteiger partial charge in [0.05, 0.1) is 0 Å². The van der Waals surface area contributed by atoms with Crippen LogP contribution in [0.1, 0.15) is 41.0 Å². The van der Waals surface area contributed by atoms with E-state index < -0.39 is 0 Å². The molecule has 2 N–H and O–H groups in total. The van der Waals surface area contributed by atoms with Crippen LogP contribution in [-0.4, -0.2) is 11.9 Å². The van der Waals surface area contributed by atoms with E-state index in [4.69, 9.17) is 0 Å². The molecule has 3 heteroatoms. The molecule has 0 aliphatic heterocycles. The molecule has 0 aliphatic rings. The summed E-state index contributed by atoms with van der Waals surface area (Å²) in [5.74, 6) is 0.627. The van der Waals surface area contributed by atoms with Crippen LogP contribution in [0.15, 0.2) is 24.3 Å². The molecular weight excluding hydrogens is 236 g/mol. The number of carbonyl (C=O) groups excluding carboxylic acids is 1. The number of anilines is 2. The second kappa shape index (κ2) is 7.17. The molecule has 106 valence electrons. The summed E-state index contributed by atoms with van der Waals surface area (Å²) in [5.41, 5.74) is 1.91. The van der Waals surface area contributed by atoms with Gasteiger partial charge in [-0.25, -0.2) is 0 Å². The summed E-state index contributed by atoms with van der Waals surface area (Å²) in [6, 6.07) is 8.37. The molecule has 0 saturated carbocycles. The maximum absolute atomic E-state index is 11.7. The van der Waals surface area contributed by atoms with Crippen LogP contribution >= 0.6 is 0 Å². The Morgan fingerprint density at radius 1 is 1.16 bits per heavy atom. The number of amides is 1. The number of hydrogen-bond donors (Lipinski definition) is 2. The van der Waals surface area contributed by atoms with Crippen molar-refractivity contribution in [2.45, 2.75) is 47.1 Å². The first-order valence-electron chi connectivity index (χ1n) is 7.11. The summed E-state index contributed by atoms with van der Waals surface area (Å²) in [4.78, 5) is 11.7. The minimum absolute atomic E-state index is 0.00401. The topological polar surface area (TPSA) is 41.1 Å². The van der Waals surface area contributed by atoms with Gasteiger partial charge in [0.2, 0.25) is 5.91 Å². The Balaban J connectivity index is 2.74. The Labute approximate surface area is 116 Å². The van der Waals surface area contributed by atoms with Crippen LogP contribution in [0.4, 0.5) is 11.4 Å². The van der Waals surface area contributed by atoms with Gasteiger partial charge in [0.25, 0.3) is 0 Å². The third-order valence-electron chi connectivity index (χ3n) is 3.25. The fourth-order valence-electron chi connectivity index (χ4n) is 1.93. The van der Waals surface area contributed by atoms with Gasteiger partial charge in [-0.05, 0) is 30.5 Å². The third-order valence-corrected chi connectivity index (χ3v) is 3.25. The highest BCUT2D eigenvalue weighted by Crippen LogP contribution is 2.19. The highest BCUT2D eigenvalue weighted by Gasteiger charge is 2.11. The standard InChI is InChI=1S/C16H26N2O/c1-6-15(11(2)3)17-13-8-7-9-14(10-13)18-16(19)12(4)5/h7-12,15,17H,6H2,1-5H3,(H,18,19). The van der Waals surface area contributed by atoms with Gasteiger partial charge in [0.15, 0.2) is 0 Å². The van der Waals surface area contributed by atoms with Gasteiger partial charge in [0.1, 0.15) is 0 Å². The molecule has 0 heterocycles. The number of benzene rings is 1. The van der Waals surface area contributed by atoms with Crippen LogP contribution in [-0.2, 0) is 4.79 Å². The Morgan fingerprint density at radius 3 is 2.32 bits per heavy atom. The number of nitrogens with one attached hydrogen (secondary N) is 2. The number of rotatable bonds is 6. The molecule has 3 nitrogen and oxygen atoms in total. The number of hydrogen-bond acceptors (Lipinski definition) is 2. The summed E-state index contributed by atoms with van der Waals surface area (Å²) < 4.78 is 0. The first-order valence-corrected chi connectivity index (χ1v) is 7.11. The van der Waals surface area contributed by atoms with E-state index in [1.807, 2.05) is 38.1 Å². The average Bonchev–Trinajstić information content (AvgIpc) is 2.35. The molecule has 19 heavy (non-hydrogen) atoms. The lowest BCUT2D eigenvalue weighted by atomic mass is 10.0. The van der Waals surface area contributed by atoms with E-state index in [0.717, 1.165) is 17.8 Å². The van der Waals surface area contributed by atoms with Crippen molar-refractivity contribution in [2.24, 2.45) is 11.8 Å². The van der Waals surface area contributed by atoms with E-state index in [0.29, 0.717) is 12.0 Å². The summed E-state index contributed by atoms with van der Waals surface area (Å²) >= 11 is 0. The molecule has 0 saturated heterocycles. The van der Waals surface area contributed by atoms with Crippen molar-refractivity contribution >= 4 is 17.3 Å². The van der Waals surface area contributed by atoms with Crippen molar-refractivity contribution in [3.63, 3.8) is 0 Å². The Bertz CT molecular complexity index is 413. The Kier molecular flexibility index (Phi) is 5.87. The maximum Gasteiger partial charge on any atom is 0.226 e. The van der Waals surface area contributed by atoms with Gasteiger partial charge in [-0.1, -0.05) is 40.7 Å². The van der Waals surface area contributed by atoms with Gasteiger partial charge in [-0.2, -0.15) is 0 Å². The van der Waals surface area contributed by atoms with Gasteiger partial charge in [-0.3, -0.25) is 4.79 Å². The van der Waals surface area contributed by atoms with Crippen LogP contribution in [0.25, 0.3) is 0 Å². The summed E-state index contributed by atoms with van der Waals surface area (Å²) in [5, 5.41) is 6.44. The first kappa shape index (κ1) is 15.5. The van der Waals surface area contributed by atoms with Crippen LogP contribution in [0, 0.1) is 11.8 Å². The molecule has 1 unspecified atom stereocenters. The molecule has 1 aromatic carbocycles. The van der Waals surface area contributed by atoms with Gasteiger partial charge in [0, 0.05) is 23.3 Å². The van der Waals surface area contributed by atoms with Crippen molar-refractivity contribution < 1.29 is 4.79 Å². The highest BCUT2D eigenvalue weighted by molar-refractivity contribution is 5.92. The molecular formula is C16H26N2O. The molecule has 0 radical (unpaired) electrons. The number of carbonyl (C=O) groups is 1. The van der Waals surface area contributed by atoms with Crippen LogP contribution < -0.4 is 10.6 Å². The van der Waals surface area contributed by atoms with E-state index >= 15 is 0 Å². The SMILES string of the molecule is CCC(Nc1cccc(NC(=O)C(C)C)c1)C(C)C. The Morgan fingerprint density at radius 2 is 1.79 bits per heavy atom. The average molecular weight is 262 g/mol. The predicted molar refractivity (Wildman–Crippen MR) is 82.4 cm³/mol. The second-order valence-corrected chi connectivity index (χ2v) is 5.63. The molecule has 0 aromatic heterocycles. The van der Waals surface area contributed by atoms with E-state index in [9.17, 15) is 4.79 Å². The summed E-state index contributed by atoms with van der Waals surface area (Å²) in [6.45, 7) is 10.4. The minimum atomic E-state index is -0.00401. The van der Waals surface area contributed by atoms with Crippen molar-refractivity contribution in [1.29, 1.82) is 0 Å². The molecule has 0 fully saturated rings. The van der Waals surface area contributed by atoms with E-state index in [2.05, 4.69) is 31.4 Å². The van der Waals surface area contributed by atoms with Crippen LogP contribution in [0.3, 0.4) is 0 Å². The van der Waals surface area contributed by atoms with E-state index in [1.54, 1.807) is 0 Å². The lowest BCUT2D eigenvalue weighted by Crippen LogP contribution is -2.24. The van der Waals surface area contributed by atoms with Crippen molar-refractivity contribution in [3.05, 3.63) is 24.3 Å². The zero-order valence-corrected chi connectivity index (χ0v) is 12.7. The quantitative estimate of drug-likeness (QED) is 0.809. The smallest absolute Gasteiger partial charge is 0.226 e. The van der Waals surface area contributed by atoms with Crippen molar-refractivity contribution in [3.8, 4) is 0 Å². The summed E-state index contributed by atoms with van der Waals surface area (Å²) in [7, 11) is 0. The lowest BCUT2D eigenvalue weighted by molar-refractivity contribution is -0.118. The fourth-order valence-corrected chi connectivity index (χ4v) is 1.93. The lowest BCUT2D eigenvalue weighted by Gasteiger charge is -2.22. The normalized spacial score (nSPS) is 12.6. The monoisotopic (exact) mass is 262 g/mol. The van der Waals surface area contributed by atoms with Gasteiger partial charge >= 0.3 is 0 Å². The van der Waals surface area contributed by atoms with E-state index in [1.165, 1.54) is 0 Å².